The molecular weight excluding hydrogens is 656 g/mol. The third kappa shape index (κ3) is 6.18. The molecule has 250 valence electrons. The zero-order valence-electron chi connectivity index (χ0n) is 27.1. The van der Waals surface area contributed by atoms with Crippen LogP contribution in [0.15, 0.2) is 97.1 Å². The van der Waals surface area contributed by atoms with Gasteiger partial charge < -0.3 is 31.2 Å². The summed E-state index contributed by atoms with van der Waals surface area (Å²) < 4.78 is 0. The van der Waals surface area contributed by atoms with Gasteiger partial charge in [0.05, 0.1) is 22.8 Å². The molecule has 0 aliphatic carbocycles. The summed E-state index contributed by atoms with van der Waals surface area (Å²) in [7, 11) is 0. The summed E-state index contributed by atoms with van der Waals surface area (Å²) in [6, 6.07) is 28.3. The van der Waals surface area contributed by atoms with E-state index in [-0.39, 0.29) is 23.6 Å². The Morgan fingerprint density at radius 3 is 0.942 bits per heavy atom. The molecule has 16 bridgehead atoms. The fourth-order valence-electron chi connectivity index (χ4n) is 6.24. The number of carbonyl (C=O) groups is 4. The molecule has 0 atom stereocenters. The van der Waals surface area contributed by atoms with E-state index >= 15 is 0 Å². The van der Waals surface area contributed by atoms with Crippen LogP contribution in [0.2, 0.25) is 0 Å². The highest BCUT2D eigenvalue weighted by Crippen LogP contribution is 2.26. The summed E-state index contributed by atoms with van der Waals surface area (Å²) in [5.74, 6) is -1.14. The van der Waals surface area contributed by atoms with Crippen molar-refractivity contribution in [3.05, 3.63) is 142 Å². The van der Waals surface area contributed by atoms with Gasteiger partial charge in [-0.25, -0.2) is 9.97 Å². The van der Waals surface area contributed by atoms with Crippen molar-refractivity contribution in [2.24, 2.45) is 0 Å². The predicted molar refractivity (Wildman–Crippen MR) is 201 cm³/mol. The van der Waals surface area contributed by atoms with Gasteiger partial charge in [0.1, 0.15) is 0 Å². The molecule has 0 saturated heterocycles. The quantitative estimate of drug-likeness (QED) is 0.0992. The van der Waals surface area contributed by atoms with Crippen molar-refractivity contribution in [1.82, 2.24) is 19.9 Å². The summed E-state index contributed by atoms with van der Waals surface area (Å²) in [5, 5.41) is 11.3. The monoisotopic (exact) mass is 682 g/mol. The van der Waals surface area contributed by atoms with Crippen LogP contribution in [0, 0.1) is 0 Å². The summed E-state index contributed by atoms with van der Waals surface area (Å²) in [4.78, 5) is 67.0. The molecule has 12 nitrogen and oxygen atoms in total. The Bertz CT molecular complexity index is 2550. The van der Waals surface area contributed by atoms with Gasteiger partial charge in [0.25, 0.3) is 23.6 Å². The first-order chi connectivity index (χ1) is 25.2. The number of nitrogens with one attached hydrogen (secondary N) is 6. The molecule has 52 heavy (non-hydrogen) atoms. The fourth-order valence-corrected chi connectivity index (χ4v) is 6.24. The van der Waals surface area contributed by atoms with Crippen molar-refractivity contribution in [3.8, 4) is 0 Å². The van der Waals surface area contributed by atoms with Crippen LogP contribution >= 0.6 is 0 Å². The van der Waals surface area contributed by atoms with Crippen molar-refractivity contribution < 1.29 is 19.2 Å². The SMILES string of the molecule is O=C1Nc2cc1cc1cc(cc3ccc(cc4nc(cc5cc(cc6cc(cc7ccc(cc8nc(c2)C=C8)[nH]7)C(=O)N6)C(=O)N5)C=C4)[nH]3)C(=O)N1. The first kappa shape index (κ1) is 30.5. The molecule has 6 aliphatic rings. The highest BCUT2D eigenvalue weighted by atomic mass is 16.2. The highest BCUT2D eigenvalue weighted by Gasteiger charge is 2.19. The molecule has 3 aromatic rings. The minimum absolute atomic E-state index is 0.281. The maximum atomic E-state index is 12.8. The van der Waals surface area contributed by atoms with E-state index in [4.69, 9.17) is 0 Å². The molecule has 6 aliphatic heterocycles. The van der Waals surface area contributed by atoms with Crippen LogP contribution in [0.3, 0.4) is 0 Å². The van der Waals surface area contributed by atoms with Gasteiger partial charge in [-0.1, -0.05) is 0 Å². The average Bonchev–Trinajstić information content (AvgIpc) is 3.96. The zero-order valence-corrected chi connectivity index (χ0v) is 27.1. The summed E-state index contributed by atoms with van der Waals surface area (Å²) in [6.07, 6.45) is 7.40. The number of amides is 4. The largest absolute Gasteiger partial charge is 0.355 e. The number of hydrogen-bond donors (Lipinski definition) is 6. The number of aromatic nitrogens is 4. The van der Waals surface area contributed by atoms with Crippen LogP contribution in [0.4, 0.5) is 22.7 Å². The number of fused-ring (bicyclic) bond motifs is 16. The molecule has 12 heteroatoms. The van der Waals surface area contributed by atoms with Crippen LogP contribution in [-0.4, -0.2) is 43.6 Å². The standard InChI is InChI=1S/C40H26N8O4/c49-37-21-9-25-1-3-27(41-25)17-29-5-7-31(43-29)19-35-16-24(40(52)47-35)14-34-12-22(38(50)46-34)10-26-2-4-28(42-26)18-30-6-8-32(44-30)20-36-15-23(39(51)48-36)13-33(11-21)45-37/h1-20,41-42H,(H,45,49)(H,46,50)(H,47,52)(H,48,51). The topological polar surface area (TPSA) is 174 Å². The molecule has 0 aromatic carbocycles. The van der Waals surface area contributed by atoms with Crippen molar-refractivity contribution in [1.29, 1.82) is 0 Å². The van der Waals surface area contributed by atoms with E-state index in [1.165, 1.54) is 0 Å². The van der Waals surface area contributed by atoms with Gasteiger partial charge in [0.2, 0.25) is 0 Å². The van der Waals surface area contributed by atoms with Crippen LogP contribution in [0.1, 0.15) is 64.2 Å². The number of anilines is 4. The van der Waals surface area contributed by atoms with Crippen LogP contribution in [0.25, 0.3) is 46.4 Å². The summed E-state index contributed by atoms with van der Waals surface area (Å²) in [6.45, 7) is 0. The highest BCUT2D eigenvalue weighted by molar-refractivity contribution is 6.13. The molecule has 6 N–H and O–H groups in total. The van der Waals surface area contributed by atoms with Gasteiger partial charge in [-0.05, 0) is 121 Å². The Morgan fingerprint density at radius 2 is 0.596 bits per heavy atom. The van der Waals surface area contributed by atoms with E-state index in [0.29, 0.717) is 78.8 Å². The van der Waals surface area contributed by atoms with Gasteiger partial charge in [-0.3, -0.25) is 19.2 Å². The lowest BCUT2D eigenvalue weighted by atomic mass is 10.2. The third-order valence-corrected chi connectivity index (χ3v) is 8.61. The summed E-state index contributed by atoms with van der Waals surface area (Å²) >= 11 is 0. The molecule has 9 rings (SSSR count). The van der Waals surface area contributed by atoms with E-state index in [0.717, 1.165) is 11.0 Å². The number of nitrogens with zero attached hydrogens (tertiary/aromatic N) is 2. The Balaban J connectivity index is 1.18. The Morgan fingerprint density at radius 1 is 0.327 bits per heavy atom. The van der Waals surface area contributed by atoms with Gasteiger partial charge in [0, 0.05) is 67.1 Å². The normalized spacial score (nSPS) is 14.0. The maximum absolute atomic E-state index is 12.8. The van der Waals surface area contributed by atoms with E-state index in [2.05, 4.69) is 41.2 Å². The first-order valence-electron chi connectivity index (χ1n) is 16.3. The molecule has 0 radical (unpaired) electrons. The molecule has 0 fully saturated rings. The zero-order chi connectivity index (χ0) is 35.3. The third-order valence-electron chi connectivity index (χ3n) is 8.61. The molecule has 0 saturated carbocycles. The van der Waals surface area contributed by atoms with E-state index in [9.17, 15) is 19.2 Å². The Kier molecular flexibility index (Phi) is 7.07. The smallest absolute Gasteiger partial charge is 0.255 e. The maximum Gasteiger partial charge on any atom is 0.255 e. The van der Waals surface area contributed by atoms with E-state index in [1.54, 1.807) is 60.7 Å². The lowest BCUT2D eigenvalue weighted by Crippen LogP contribution is -2.06. The van der Waals surface area contributed by atoms with Crippen LogP contribution in [-0.2, 0) is 0 Å². The minimum atomic E-state index is -0.290. The summed E-state index contributed by atoms with van der Waals surface area (Å²) in [5.41, 5.74) is 9.50. The molecule has 0 unspecified atom stereocenters. The second-order valence-electron chi connectivity index (χ2n) is 12.5. The lowest BCUT2D eigenvalue weighted by molar-refractivity contribution is 0.102. The molecule has 4 amide bonds. The van der Waals surface area contributed by atoms with E-state index in [1.807, 2.05) is 60.7 Å². The van der Waals surface area contributed by atoms with Crippen molar-refractivity contribution >= 4 is 92.7 Å². The Labute approximate surface area is 294 Å². The lowest BCUT2D eigenvalue weighted by Gasteiger charge is -1.94. The van der Waals surface area contributed by atoms with Crippen molar-refractivity contribution in [2.45, 2.75) is 0 Å². The number of hydrogen-bond acceptors (Lipinski definition) is 6. The molecule has 9 heterocycles. The van der Waals surface area contributed by atoms with Crippen LogP contribution in [0.5, 0.6) is 0 Å². The Hall–Kier alpha value is -7.60. The number of carbonyl (C=O) groups excluding carboxylic acids is 4. The van der Waals surface area contributed by atoms with Crippen molar-refractivity contribution in [2.75, 3.05) is 21.3 Å². The minimum Gasteiger partial charge on any atom is -0.355 e. The second-order valence-corrected chi connectivity index (χ2v) is 12.5. The average molecular weight is 683 g/mol. The fraction of sp³-hybridized carbons (Fsp3) is 0. The molecular formula is C40H26N8O4. The van der Waals surface area contributed by atoms with Gasteiger partial charge in [-0.2, -0.15) is 0 Å². The second kappa shape index (κ2) is 12.1. The molecule has 3 aromatic heterocycles. The van der Waals surface area contributed by atoms with Gasteiger partial charge in [0.15, 0.2) is 0 Å². The number of H-pyrrole nitrogens is 2. The van der Waals surface area contributed by atoms with Gasteiger partial charge >= 0.3 is 0 Å². The van der Waals surface area contributed by atoms with Crippen molar-refractivity contribution in [3.63, 3.8) is 0 Å². The molecule has 0 spiro atoms. The van der Waals surface area contributed by atoms with Gasteiger partial charge in [-0.15, -0.1) is 0 Å². The predicted octanol–water partition coefficient (Wildman–Crippen LogP) is 7.42. The number of aromatic amines is 2. The van der Waals surface area contributed by atoms with Crippen LogP contribution < -0.4 is 21.3 Å². The number of rotatable bonds is 0. The van der Waals surface area contributed by atoms with E-state index < -0.39 is 0 Å². The first-order valence-corrected chi connectivity index (χ1v) is 16.3.